The molecule has 0 aromatic heterocycles. The van der Waals surface area contributed by atoms with Gasteiger partial charge < -0.3 is 0 Å². The minimum atomic E-state index is 0.354. The Morgan fingerprint density at radius 2 is 1.58 bits per heavy atom. The third-order valence-electron chi connectivity index (χ3n) is 4.58. The summed E-state index contributed by atoms with van der Waals surface area (Å²) >= 11 is 0. The van der Waals surface area contributed by atoms with Gasteiger partial charge in [-0.1, -0.05) is 77.3 Å². The smallest absolute Gasteiger partial charge is 0.0309 e. The normalized spacial score (nSPS) is 16.3. The third-order valence-corrected chi connectivity index (χ3v) is 4.58. The van der Waals surface area contributed by atoms with Crippen molar-refractivity contribution in [2.75, 3.05) is 0 Å². The van der Waals surface area contributed by atoms with Crippen LogP contribution in [0.15, 0.2) is 30.3 Å². The molecule has 108 valence electrons. The van der Waals surface area contributed by atoms with Crippen molar-refractivity contribution in [1.29, 1.82) is 0 Å². The van der Waals surface area contributed by atoms with Crippen molar-refractivity contribution < 1.29 is 0 Å². The molecule has 0 bridgehead atoms. The Kier molecular flexibility index (Phi) is 7.11. The first-order valence-corrected chi connectivity index (χ1v) is 7.70. The van der Waals surface area contributed by atoms with Gasteiger partial charge in [-0.05, 0) is 17.4 Å². The van der Waals surface area contributed by atoms with E-state index in [1.165, 1.54) is 24.8 Å². The Hall–Kier alpha value is -0.860. The zero-order valence-electron chi connectivity index (χ0n) is 12.9. The van der Waals surface area contributed by atoms with Gasteiger partial charge in [0.2, 0.25) is 0 Å². The van der Waals surface area contributed by atoms with Crippen LogP contribution >= 0.6 is 0 Å². The summed E-state index contributed by atoms with van der Waals surface area (Å²) in [4.78, 5) is 0. The molecule has 3 unspecified atom stereocenters. The van der Waals surface area contributed by atoms with Crippen LogP contribution in [0, 0.1) is 11.8 Å². The lowest BCUT2D eigenvalue weighted by Gasteiger charge is -2.36. The highest BCUT2D eigenvalue weighted by molar-refractivity contribution is 5.22. The molecule has 1 aromatic carbocycles. The number of hydrogen-bond acceptors (Lipinski definition) is 2. The zero-order valence-corrected chi connectivity index (χ0v) is 12.9. The molecule has 0 saturated carbocycles. The zero-order chi connectivity index (χ0) is 14.3. The fraction of sp³-hybridized carbons (Fsp3) is 0.647. The molecule has 0 aliphatic rings. The molecular formula is C17H30N2. The molecule has 0 amide bonds. The molecule has 0 spiro atoms. The number of hydrazine groups is 1. The molecule has 0 fully saturated rings. The summed E-state index contributed by atoms with van der Waals surface area (Å²) in [6.07, 6.45) is 3.52. The van der Waals surface area contributed by atoms with Crippen LogP contribution in [0.4, 0.5) is 0 Å². The van der Waals surface area contributed by atoms with Gasteiger partial charge in [-0.2, -0.15) is 0 Å². The van der Waals surface area contributed by atoms with Gasteiger partial charge in [-0.15, -0.1) is 0 Å². The first-order valence-electron chi connectivity index (χ1n) is 7.70. The van der Waals surface area contributed by atoms with Gasteiger partial charge in [0.05, 0.1) is 0 Å². The lowest BCUT2D eigenvalue weighted by Crippen LogP contribution is -2.46. The topological polar surface area (TPSA) is 38.0 Å². The van der Waals surface area contributed by atoms with Gasteiger partial charge in [-0.25, -0.2) is 0 Å². The van der Waals surface area contributed by atoms with Crippen LogP contribution in [0.3, 0.4) is 0 Å². The van der Waals surface area contributed by atoms with Crippen molar-refractivity contribution in [3.8, 4) is 0 Å². The minimum Gasteiger partial charge on any atom is -0.271 e. The standard InChI is InChI=1S/C17H30N2/c1-5-13(4)16(15-11-9-8-10-12-15)17(19-18)14(6-2)7-3/h8-14,16-17,19H,5-7,18H2,1-4H3. The summed E-state index contributed by atoms with van der Waals surface area (Å²) < 4.78 is 0. The molecule has 3 atom stereocenters. The van der Waals surface area contributed by atoms with E-state index in [2.05, 4.69) is 63.5 Å². The summed E-state index contributed by atoms with van der Waals surface area (Å²) in [6.45, 7) is 9.12. The van der Waals surface area contributed by atoms with Crippen LogP contribution < -0.4 is 11.3 Å². The molecule has 19 heavy (non-hydrogen) atoms. The van der Waals surface area contributed by atoms with Crippen molar-refractivity contribution in [2.24, 2.45) is 17.7 Å². The third kappa shape index (κ3) is 4.05. The van der Waals surface area contributed by atoms with Gasteiger partial charge in [0.25, 0.3) is 0 Å². The SMILES string of the molecule is CCC(C)C(c1ccccc1)C(NN)C(CC)CC. The second kappa shape index (κ2) is 8.34. The van der Waals surface area contributed by atoms with E-state index in [4.69, 9.17) is 5.84 Å². The molecule has 0 saturated heterocycles. The first-order chi connectivity index (χ1) is 9.19. The number of nitrogens with one attached hydrogen (secondary N) is 1. The largest absolute Gasteiger partial charge is 0.271 e. The van der Waals surface area contributed by atoms with E-state index < -0.39 is 0 Å². The number of hydrogen-bond donors (Lipinski definition) is 2. The molecule has 0 aliphatic heterocycles. The Balaban J connectivity index is 3.08. The highest BCUT2D eigenvalue weighted by Gasteiger charge is 2.31. The summed E-state index contributed by atoms with van der Waals surface area (Å²) in [5, 5.41) is 0. The molecule has 1 rings (SSSR count). The predicted molar refractivity (Wildman–Crippen MR) is 83.8 cm³/mol. The van der Waals surface area contributed by atoms with Crippen LogP contribution in [-0.4, -0.2) is 6.04 Å². The lowest BCUT2D eigenvalue weighted by molar-refractivity contribution is 0.245. The molecule has 0 aliphatic carbocycles. The Bertz CT molecular complexity index is 332. The van der Waals surface area contributed by atoms with Crippen molar-refractivity contribution in [1.82, 2.24) is 5.43 Å². The van der Waals surface area contributed by atoms with Crippen LogP contribution in [0.25, 0.3) is 0 Å². The monoisotopic (exact) mass is 262 g/mol. The van der Waals surface area contributed by atoms with E-state index in [1.807, 2.05) is 0 Å². The second-order valence-electron chi connectivity index (χ2n) is 5.59. The average Bonchev–Trinajstić information content (AvgIpc) is 2.47. The molecule has 2 nitrogen and oxygen atoms in total. The van der Waals surface area contributed by atoms with E-state index >= 15 is 0 Å². The van der Waals surface area contributed by atoms with Gasteiger partial charge >= 0.3 is 0 Å². The maximum Gasteiger partial charge on any atom is 0.0309 e. The van der Waals surface area contributed by atoms with Crippen LogP contribution in [0.1, 0.15) is 58.4 Å². The van der Waals surface area contributed by atoms with E-state index in [9.17, 15) is 0 Å². The molecular weight excluding hydrogens is 232 g/mol. The fourth-order valence-corrected chi connectivity index (χ4v) is 3.15. The lowest BCUT2D eigenvalue weighted by atomic mass is 9.74. The first kappa shape index (κ1) is 16.2. The van der Waals surface area contributed by atoms with E-state index in [0.29, 0.717) is 23.8 Å². The molecule has 2 heteroatoms. The van der Waals surface area contributed by atoms with Crippen molar-refractivity contribution >= 4 is 0 Å². The highest BCUT2D eigenvalue weighted by Crippen LogP contribution is 2.35. The summed E-state index contributed by atoms with van der Waals surface area (Å²) in [6, 6.07) is 11.2. The van der Waals surface area contributed by atoms with Gasteiger partial charge in [-0.3, -0.25) is 11.3 Å². The molecule has 0 heterocycles. The summed E-state index contributed by atoms with van der Waals surface area (Å²) in [5.74, 6) is 7.65. The number of nitrogens with two attached hydrogens (primary N) is 1. The highest BCUT2D eigenvalue weighted by atomic mass is 15.2. The fourth-order valence-electron chi connectivity index (χ4n) is 3.15. The minimum absolute atomic E-state index is 0.354. The number of rotatable bonds is 8. The van der Waals surface area contributed by atoms with Crippen molar-refractivity contribution in [3.63, 3.8) is 0 Å². The Morgan fingerprint density at radius 1 is 1.00 bits per heavy atom. The maximum atomic E-state index is 5.91. The van der Waals surface area contributed by atoms with Crippen molar-refractivity contribution in [3.05, 3.63) is 35.9 Å². The Morgan fingerprint density at radius 3 is 2.00 bits per heavy atom. The van der Waals surface area contributed by atoms with Crippen LogP contribution in [-0.2, 0) is 0 Å². The van der Waals surface area contributed by atoms with E-state index in [-0.39, 0.29) is 0 Å². The van der Waals surface area contributed by atoms with Gasteiger partial charge in [0, 0.05) is 12.0 Å². The van der Waals surface area contributed by atoms with E-state index in [1.54, 1.807) is 0 Å². The van der Waals surface area contributed by atoms with Gasteiger partial charge in [0.15, 0.2) is 0 Å². The van der Waals surface area contributed by atoms with Crippen molar-refractivity contribution in [2.45, 2.75) is 58.9 Å². The maximum absolute atomic E-state index is 5.91. The molecule has 1 aromatic rings. The van der Waals surface area contributed by atoms with E-state index in [0.717, 1.165) is 0 Å². The average molecular weight is 262 g/mol. The summed E-state index contributed by atoms with van der Waals surface area (Å²) in [7, 11) is 0. The molecule has 0 radical (unpaired) electrons. The Labute approximate surface area is 118 Å². The second-order valence-corrected chi connectivity index (χ2v) is 5.59. The quantitative estimate of drug-likeness (QED) is 0.547. The van der Waals surface area contributed by atoms with Crippen LogP contribution in [0.2, 0.25) is 0 Å². The number of benzene rings is 1. The van der Waals surface area contributed by atoms with Gasteiger partial charge in [0.1, 0.15) is 0 Å². The predicted octanol–water partition coefficient (Wildman–Crippen LogP) is 4.08. The molecule has 3 N–H and O–H groups in total. The van der Waals surface area contributed by atoms with Crippen LogP contribution in [0.5, 0.6) is 0 Å². The summed E-state index contributed by atoms with van der Waals surface area (Å²) in [5.41, 5.74) is 4.53.